The minimum atomic E-state index is -0.145. The number of carbonyl (C=O) groups is 1. The molecule has 0 aliphatic carbocycles. The van der Waals surface area contributed by atoms with Crippen LogP contribution >= 0.6 is 11.3 Å². The Bertz CT molecular complexity index is 1190. The van der Waals surface area contributed by atoms with E-state index in [0.717, 1.165) is 27.1 Å². The standard InChI is InChI=1S/C25H24N2O3S/c1-17-9-14-22-24(18(17)2)26-25(31-22)27(15-19-7-5-4-6-8-19)23(28)16-30-21-12-10-20(29-3)11-13-21/h4-14H,15-16H2,1-3H3. The lowest BCUT2D eigenvalue weighted by molar-refractivity contribution is -0.120. The Kier molecular flexibility index (Phi) is 6.18. The second kappa shape index (κ2) is 9.18. The molecule has 0 aliphatic rings. The van der Waals surface area contributed by atoms with E-state index in [-0.39, 0.29) is 12.5 Å². The van der Waals surface area contributed by atoms with Crippen LogP contribution in [0, 0.1) is 13.8 Å². The van der Waals surface area contributed by atoms with Crippen LogP contribution in [0.4, 0.5) is 5.13 Å². The molecular weight excluding hydrogens is 408 g/mol. The van der Waals surface area contributed by atoms with Gasteiger partial charge in [-0.25, -0.2) is 4.98 Å². The number of ether oxygens (including phenoxy) is 2. The summed E-state index contributed by atoms with van der Waals surface area (Å²) < 4.78 is 12.0. The summed E-state index contributed by atoms with van der Waals surface area (Å²) >= 11 is 1.52. The maximum absolute atomic E-state index is 13.2. The minimum Gasteiger partial charge on any atom is -0.497 e. The van der Waals surface area contributed by atoms with Crippen LogP contribution in [0.5, 0.6) is 11.5 Å². The van der Waals surface area contributed by atoms with Crippen molar-refractivity contribution in [2.45, 2.75) is 20.4 Å². The molecule has 0 atom stereocenters. The molecule has 0 aliphatic heterocycles. The third-order valence-electron chi connectivity index (χ3n) is 5.21. The molecule has 31 heavy (non-hydrogen) atoms. The Hall–Kier alpha value is -3.38. The van der Waals surface area contributed by atoms with E-state index in [4.69, 9.17) is 14.5 Å². The van der Waals surface area contributed by atoms with Crippen molar-refractivity contribution in [3.63, 3.8) is 0 Å². The van der Waals surface area contributed by atoms with E-state index in [1.807, 2.05) is 30.3 Å². The number of amides is 1. The maximum Gasteiger partial charge on any atom is 0.267 e. The first-order valence-corrected chi connectivity index (χ1v) is 10.8. The van der Waals surface area contributed by atoms with Gasteiger partial charge in [0.25, 0.3) is 5.91 Å². The maximum atomic E-state index is 13.2. The van der Waals surface area contributed by atoms with Crippen molar-refractivity contribution < 1.29 is 14.3 Å². The van der Waals surface area contributed by atoms with Gasteiger partial charge < -0.3 is 9.47 Å². The second-order valence-electron chi connectivity index (χ2n) is 7.28. The number of aromatic nitrogens is 1. The predicted octanol–water partition coefficient (Wildman–Crippen LogP) is 5.53. The molecule has 0 unspecified atom stereocenters. The van der Waals surface area contributed by atoms with Crippen LogP contribution in [0.15, 0.2) is 66.7 Å². The molecule has 4 aromatic rings. The summed E-state index contributed by atoms with van der Waals surface area (Å²) in [5, 5.41) is 0.677. The van der Waals surface area contributed by atoms with E-state index in [1.54, 1.807) is 36.3 Å². The number of anilines is 1. The first-order valence-electron chi connectivity index (χ1n) is 10.0. The average molecular weight is 433 g/mol. The van der Waals surface area contributed by atoms with E-state index in [1.165, 1.54) is 16.9 Å². The lowest BCUT2D eigenvalue weighted by atomic mass is 10.1. The average Bonchev–Trinajstić information content (AvgIpc) is 3.24. The lowest BCUT2D eigenvalue weighted by Crippen LogP contribution is -2.34. The summed E-state index contributed by atoms with van der Waals surface area (Å²) in [4.78, 5) is 19.7. The highest BCUT2D eigenvalue weighted by atomic mass is 32.1. The summed E-state index contributed by atoms with van der Waals surface area (Å²) in [6.45, 7) is 4.50. The molecule has 1 heterocycles. The largest absolute Gasteiger partial charge is 0.497 e. The Balaban J connectivity index is 1.60. The predicted molar refractivity (Wildman–Crippen MR) is 125 cm³/mol. The van der Waals surface area contributed by atoms with Crippen LogP contribution < -0.4 is 14.4 Å². The number of methoxy groups -OCH3 is 1. The highest BCUT2D eigenvalue weighted by Gasteiger charge is 2.21. The third kappa shape index (κ3) is 4.70. The Morgan fingerprint density at radius 2 is 1.68 bits per heavy atom. The molecule has 5 nitrogen and oxygen atoms in total. The van der Waals surface area contributed by atoms with Crippen molar-refractivity contribution in [1.82, 2.24) is 4.98 Å². The number of fused-ring (bicyclic) bond motifs is 1. The van der Waals surface area contributed by atoms with Crippen LogP contribution in [-0.2, 0) is 11.3 Å². The van der Waals surface area contributed by atoms with Crippen molar-refractivity contribution >= 4 is 32.6 Å². The second-order valence-corrected chi connectivity index (χ2v) is 8.29. The number of benzene rings is 3. The van der Waals surface area contributed by atoms with Gasteiger partial charge in [-0.3, -0.25) is 9.69 Å². The monoisotopic (exact) mass is 432 g/mol. The van der Waals surface area contributed by atoms with E-state index in [0.29, 0.717) is 17.4 Å². The van der Waals surface area contributed by atoms with Gasteiger partial charge in [-0.05, 0) is 60.9 Å². The van der Waals surface area contributed by atoms with Gasteiger partial charge in [0.05, 0.1) is 23.9 Å². The highest BCUT2D eigenvalue weighted by molar-refractivity contribution is 7.22. The Morgan fingerprint density at radius 1 is 0.968 bits per heavy atom. The number of carbonyl (C=O) groups excluding carboxylic acids is 1. The highest BCUT2D eigenvalue weighted by Crippen LogP contribution is 2.33. The normalized spacial score (nSPS) is 10.8. The molecular formula is C25H24N2O3S. The molecule has 0 bridgehead atoms. The van der Waals surface area contributed by atoms with Crippen LogP contribution in [0.25, 0.3) is 10.2 Å². The van der Waals surface area contributed by atoms with Crippen molar-refractivity contribution in [3.05, 3.63) is 83.4 Å². The smallest absolute Gasteiger partial charge is 0.267 e. The van der Waals surface area contributed by atoms with Gasteiger partial charge in [-0.15, -0.1) is 0 Å². The number of thiazole rings is 1. The Morgan fingerprint density at radius 3 is 2.39 bits per heavy atom. The van der Waals surface area contributed by atoms with Crippen LogP contribution in [0.3, 0.4) is 0 Å². The topological polar surface area (TPSA) is 51.7 Å². The molecule has 0 N–H and O–H groups in total. The molecule has 0 spiro atoms. The van der Waals surface area contributed by atoms with Crippen LogP contribution in [-0.4, -0.2) is 24.6 Å². The molecule has 0 fully saturated rings. The molecule has 0 saturated heterocycles. The van der Waals surface area contributed by atoms with Gasteiger partial charge in [0.2, 0.25) is 0 Å². The van der Waals surface area contributed by atoms with E-state index < -0.39 is 0 Å². The first-order chi connectivity index (χ1) is 15.0. The molecule has 0 saturated carbocycles. The molecule has 1 aromatic heterocycles. The minimum absolute atomic E-state index is 0.0763. The number of hydrogen-bond acceptors (Lipinski definition) is 5. The SMILES string of the molecule is COc1ccc(OCC(=O)N(Cc2ccccc2)c2nc3c(C)c(C)ccc3s2)cc1. The number of aryl methyl sites for hydroxylation is 2. The van der Waals surface area contributed by atoms with Crippen molar-refractivity contribution in [3.8, 4) is 11.5 Å². The van der Waals surface area contributed by atoms with Gasteiger partial charge in [-0.1, -0.05) is 47.7 Å². The van der Waals surface area contributed by atoms with Gasteiger partial charge in [-0.2, -0.15) is 0 Å². The molecule has 4 rings (SSSR count). The summed E-state index contributed by atoms with van der Waals surface area (Å²) in [6.07, 6.45) is 0. The number of rotatable bonds is 7. The fraction of sp³-hybridized carbons (Fsp3) is 0.200. The van der Waals surface area contributed by atoms with Crippen molar-refractivity contribution in [1.29, 1.82) is 0 Å². The first kappa shape index (κ1) is 20.9. The van der Waals surface area contributed by atoms with Gasteiger partial charge in [0, 0.05) is 0 Å². The summed E-state index contributed by atoms with van der Waals surface area (Å²) in [5.74, 6) is 1.21. The number of hydrogen-bond donors (Lipinski definition) is 0. The quantitative estimate of drug-likeness (QED) is 0.385. The van der Waals surface area contributed by atoms with Crippen molar-refractivity contribution in [2.24, 2.45) is 0 Å². The summed E-state index contributed by atoms with van der Waals surface area (Å²) in [5.41, 5.74) is 4.31. The fourth-order valence-electron chi connectivity index (χ4n) is 3.25. The molecule has 1 amide bonds. The van der Waals surface area contributed by atoms with Gasteiger partial charge >= 0.3 is 0 Å². The molecule has 158 valence electrons. The molecule has 6 heteroatoms. The zero-order valence-electron chi connectivity index (χ0n) is 17.8. The molecule has 3 aromatic carbocycles. The van der Waals surface area contributed by atoms with E-state index in [9.17, 15) is 4.79 Å². The summed E-state index contributed by atoms with van der Waals surface area (Å²) in [6, 6.07) is 21.3. The van der Waals surface area contributed by atoms with Crippen LogP contribution in [0.2, 0.25) is 0 Å². The van der Waals surface area contributed by atoms with Crippen molar-refractivity contribution in [2.75, 3.05) is 18.6 Å². The zero-order chi connectivity index (χ0) is 21.8. The van der Waals surface area contributed by atoms with Gasteiger partial charge in [0.1, 0.15) is 11.5 Å². The van der Waals surface area contributed by atoms with E-state index >= 15 is 0 Å². The van der Waals surface area contributed by atoms with Crippen LogP contribution in [0.1, 0.15) is 16.7 Å². The molecule has 0 radical (unpaired) electrons. The summed E-state index contributed by atoms with van der Waals surface area (Å²) in [7, 11) is 1.61. The van der Waals surface area contributed by atoms with Gasteiger partial charge in [0.15, 0.2) is 11.7 Å². The number of nitrogens with zero attached hydrogens (tertiary/aromatic N) is 2. The third-order valence-corrected chi connectivity index (χ3v) is 6.25. The zero-order valence-corrected chi connectivity index (χ0v) is 18.6. The van der Waals surface area contributed by atoms with E-state index in [2.05, 4.69) is 26.0 Å². The Labute approximate surface area is 185 Å². The fourth-order valence-corrected chi connectivity index (χ4v) is 4.29. The lowest BCUT2D eigenvalue weighted by Gasteiger charge is -2.20.